The molecule has 0 aromatic carbocycles. The molecule has 2 rings (SSSR count). The number of nitrogens with two attached hydrogens (primary N) is 1. The monoisotopic (exact) mass is 212 g/mol. The Bertz CT molecular complexity index is 279. The molecule has 2 nitrogen and oxygen atoms in total. The van der Waals surface area contributed by atoms with Gasteiger partial charge in [-0.2, -0.15) is 0 Å². The van der Waals surface area contributed by atoms with E-state index in [0.29, 0.717) is 6.10 Å². The molecule has 1 aromatic heterocycles. The highest BCUT2D eigenvalue weighted by molar-refractivity contribution is 7.11. The lowest BCUT2D eigenvalue weighted by atomic mass is 10.2. The fraction of sp³-hybridized carbons (Fsp3) is 0.636. The fourth-order valence-corrected chi connectivity index (χ4v) is 2.72. The van der Waals surface area contributed by atoms with Crippen molar-refractivity contribution in [2.75, 3.05) is 13.2 Å². The second kappa shape index (κ2) is 4.91. The maximum atomic E-state index is 5.57. The van der Waals surface area contributed by atoms with Crippen molar-refractivity contribution < 1.29 is 10.1 Å². The summed E-state index contributed by atoms with van der Waals surface area (Å²) >= 11 is 1.90. The molecule has 0 unspecified atom stereocenters. The maximum Gasteiger partial charge on any atom is 0.111 e. The highest BCUT2D eigenvalue weighted by Crippen LogP contribution is 2.13. The Hall–Kier alpha value is -0.380. The summed E-state index contributed by atoms with van der Waals surface area (Å²) in [5.41, 5.74) is 0. The first kappa shape index (κ1) is 10.1. The molecule has 1 aliphatic heterocycles. The second-order valence-electron chi connectivity index (χ2n) is 3.88. The van der Waals surface area contributed by atoms with Crippen LogP contribution in [0, 0.1) is 6.92 Å². The predicted molar refractivity (Wildman–Crippen MR) is 58.5 cm³/mol. The van der Waals surface area contributed by atoms with Crippen molar-refractivity contribution in [3.05, 3.63) is 21.9 Å². The molecular weight excluding hydrogens is 194 g/mol. The van der Waals surface area contributed by atoms with Crippen LogP contribution < -0.4 is 5.32 Å². The van der Waals surface area contributed by atoms with E-state index in [1.165, 1.54) is 22.6 Å². The van der Waals surface area contributed by atoms with Crippen LogP contribution in [-0.4, -0.2) is 19.3 Å². The van der Waals surface area contributed by atoms with Gasteiger partial charge in [-0.05, 0) is 31.9 Å². The number of quaternary nitrogens is 1. The molecule has 1 atom stereocenters. The first-order chi connectivity index (χ1) is 6.84. The number of ether oxygens (including phenoxy) is 1. The molecule has 1 saturated heterocycles. The van der Waals surface area contributed by atoms with Gasteiger partial charge in [0.1, 0.15) is 19.2 Å². The minimum Gasteiger partial charge on any atom is -0.372 e. The Balaban J connectivity index is 1.67. The summed E-state index contributed by atoms with van der Waals surface area (Å²) in [6.45, 7) is 5.36. The third-order valence-electron chi connectivity index (χ3n) is 2.60. The molecule has 0 aliphatic carbocycles. The molecule has 3 heteroatoms. The van der Waals surface area contributed by atoms with Gasteiger partial charge in [0.15, 0.2) is 0 Å². The van der Waals surface area contributed by atoms with Crippen LogP contribution in [0.4, 0.5) is 0 Å². The molecule has 0 bridgehead atoms. The minimum atomic E-state index is 0.510. The highest BCUT2D eigenvalue weighted by Gasteiger charge is 2.16. The van der Waals surface area contributed by atoms with Crippen molar-refractivity contribution in [1.82, 2.24) is 0 Å². The summed E-state index contributed by atoms with van der Waals surface area (Å²) in [5, 5.41) is 2.36. The Labute approximate surface area is 89.3 Å². The summed E-state index contributed by atoms with van der Waals surface area (Å²) in [4.78, 5) is 2.88. The predicted octanol–water partition coefficient (Wildman–Crippen LogP) is 1.30. The van der Waals surface area contributed by atoms with Gasteiger partial charge in [0.2, 0.25) is 0 Å². The largest absolute Gasteiger partial charge is 0.372 e. The van der Waals surface area contributed by atoms with Gasteiger partial charge in [0, 0.05) is 11.5 Å². The van der Waals surface area contributed by atoms with E-state index >= 15 is 0 Å². The van der Waals surface area contributed by atoms with Crippen LogP contribution in [0.15, 0.2) is 12.1 Å². The molecule has 1 fully saturated rings. The average molecular weight is 212 g/mol. The molecular formula is C11H18NOS+. The van der Waals surface area contributed by atoms with Gasteiger partial charge in [-0.25, -0.2) is 0 Å². The zero-order chi connectivity index (χ0) is 9.80. The molecule has 78 valence electrons. The molecule has 1 aliphatic rings. The van der Waals surface area contributed by atoms with Crippen LogP contribution in [-0.2, 0) is 11.3 Å². The Morgan fingerprint density at radius 3 is 3.14 bits per heavy atom. The van der Waals surface area contributed by atoms with E-state index in [1.54, 1.807) is 0 Å². The van der Waals surface area contributed by atoms with Crippen LogP contribution in [0.25, 0.3) is 0 Å². The van der Waals surface area contributed by atoms with E-state index in [4.69, 9.17) is 4.74 Å². The number of aryl methyl sites for hydroxylation is 1. The van der Waals surface area contributed by atoms with E-state index in [-0.39, 0.29) is 0 Å². The van der Waals surface area contributed by atoms with Crippen molar-refractivity contribution in [2.24, 2.45) is 0 Å². The van der Waals surface area contributed by atoms with E-state index in [1.807, 2.05) is 11.3 Å². The number of hydrogen-bond donors (Lipinski definition) is 1. The summed E-state index contributed by atoms with van der Waals surface area (Å²) in [6, 6.07) is 4.42. The zero-order valence-corrected chi connectivity index (χ0v) is 9.48. The first-order valence-electron chi connectivity index (χ1n) is 5.33. The van der Waals surface area contributed by atoms with Gasteiger partial charge in [0.05, 0.1) is 4.88 Å². The first-order valence-corrected chi connectivity index (χ1v) is 6.15. The number of rotatable bonds is 4. The van der Waals surface area contributed by atoms with E-state index in [0.717, 1.165) is 19.7 Å². The highest BCUT2D eigenvalue weighted by atomic mass is 32.1. The van der Waals surface area contributed by atoms with Crippen LogP contribution in [0.2, 0.25) is 0 Å². The summed E-state index contributed by atoms with van der Waals surface area (Å²) < 4.78 is 5.57. The lowest BCUT2D eigenvalue weighted by molar-refractivity contribution is -0.675. The van der Waals surface area contributed by atoms with Crippen LogP contribution in [0.1, 0.15) is 22.6 Å². The Kier molecular flexibility index (Phi) is 3.56. The molecule has 0 spiro atoms. The van der Waals surface area contributed by atoms with Crippen LogP contribution in [0.3, 0.4) is 0 Å². The van der Waals surface area contributed by atoms with E-state index in [9.17, 15) is 0 Å². The van der Waals surface area contributed by atoms with Crippen LogP contribution >= 0.6 is 11.3 Å². The molecule has 0 radical (unpaired) electrons. The van der Waals surface area contributed by atoms with Crippen molar-refractivity contribution >= 4 is 11.3 Å². The molecule has 14 heavy (non-hydrogen) atoms. The molecule has 0 saturated carbocycles. The van der Waals surface area contributed by atoms with Gasteiger partial charge in [0.25, 0.3) is 0 Å². The quantitative estimate of drug-likeness (QED) is 0.800. The zero-order valence-electron chi connectivity index (χ0n) is 8.66. The number of hydrogen-bond acceptors (Lipinski definition) is 2. The Morgan fingerprint density at radius 2 is 2.50 bits per heavy atom. The van der Waals surface area contributed by atoms with Crippen molar-refractivity contribution in [3.63, 3.8) is 0 Å². The SMILES string of the molecule is Cc1ccc(C[NH2+]C[C@@H]2CCCO2)s1. The standard InChI is InChI=1S/C11H17NOS/c1-9-4-5-11(14-9)8-12-7-10-3-2-6-13-10/h4-5,10,12H,2-3,6-8H2,1H3/p+1/t10-/m0/s1. The second-order valence-corrected chi connectivity index (χ2v) is 5.25. The maximum absolute atomic E-state index is 5.57. The molecule has 2 N–H and O–H groups in total. The molecule has 2 heterocycles. The van der Waals surface area contributed by atoms with Gasteiger partial charge in [-0.3, -0.25) is 0 Å². The summed E-state index contributed by atoms with van der Waals surface area (Å²) in [5.74, 6) is 0. The van der Waals surface area contributed by atoms with Crippen molar-refractivity contribution in [3.8, 4) is 0 Å². The van der Waals surface area contributed by atoms with Gasteiger partial charge in [-0.15, -0.1) is 11.3 Å². The normalized spacial score (nSPS) is 21.6. The average Bonchev–Trinajstić information content (AvgIpc) is 2.77. The molecule has 1 aromatic rings. The number of thiophene rings is 1. The third kappa shape index (κ3) is 2.80. The van der Waals surface area contributed by atoms with E-state index in [2.05, 4.69) is 24.4 Å². The van der Waals surface area contributed by atoms with Crippen LogP contribution in [0.5, 0.6) is 0 Å². The lowest BCUT2D eigenvalue weighted by Gasteiger charge is -2.06. The topological polar surface area (TPSA) is 25.8 Å². The van der Waals surface area contributed by atoms with E-state index < -0.39 is 0 Å². The minimum absolute atomic E-state index is 0.510. The Morgan fingerprint density at radius 1 is 1.57 bits per heavy atom. The fourth-order valence-electron chi connectivity index (χ4n) is 1.84. The van der Waals surface area contributed by atoms with Crippen molar-refractivity contribution in [1.29, 1.82) is 0 Å². The lowest BCUT2D eigenvalue weighted by Crippen LogP contribution is -2.84. The van der Waals surface area contributed by atoms with Gasteiger partial charge < -0.3 is 10.1 Å². The smallest absolute Gasteiger partial charge is 0.111 e. The van der Waals surface area contributed by atoms with Crippen molar-refractivity contribution in [2.45, 2.75) is 32.4 Å². The van der Waals surface area contributed by atoms with Gasteiger partial charge >= 0.3 is 0 Å². The third-order valence-corrected chi connectivity index (χ3v) is 3.62. The van der Waals surface area contributed by atoms with Gasteiger partial charge in [-0.1, -0.05) is 0 Å². The molecule has 0 amide bonds. The summed E-state index contributed by atoms with van der Waals surface area (Å²) in [7, 11) is 0. The summed E-state index contributed by atoms with van der Waals surface area (Å²) in [6.07, 6.45) is 3.01.